The molecule has 0 fully saturated rings. The molecule has 1 radical (unpaired) electrons. The smallest absolute Gasteiger partial charge is 0.303 e. The summed E-state index contributed by atoms with van der Waals surface area (Å²) in [5.41, 5.74) is 0.558. The summed E-state index contributed by atoms with van der Waals surface area (Å²) in [6.07, 6.45) is 0.104. The molecule has 0 aliphatic heterocycles. The molecule has 5 heteroatoms. The Balaban J connectivity index is 2.38. The number of aromatic nitrogens is 2. The standard InChI is InChI=1S/C11H9N2O3/c14-10(15)6-5-9-12-8-4-2-1-3-7(8)11(16)13-9/h1-4H,5-6H2,(H,14,15). The maximum absolute atomic E-state index is 11.5. The first kappa shape index (κ1) is 10.4. The Morgan fingerprint density at radius 1 is 1.25 bits per heavy atom. The zero-order valence-corrected chi connectivity index (χ0v) is 8.38. The van der Waals surface area contributed by atoms with Crippen LogP contribution < -0.4 is 0 Å². The van der Waals surface area contributed by atoms with Gasteiger partial charge in [-0.3, -0.25) is 9.90 Å². The number of aliphatic carboxylic acids is 1. The van der Waals surface area contributed by atoms with Crippen molar-refractivity contribution in [3.05, 3.63) is 30.1 Å². The highest BCUT2D eigenvalue weighted by Gasteiger charge is 2.08. The third-order valence-electron chi connectivity index (χ3n) is 2.18. The summed E-state index contributed by atoms with van der Waals surface area (Å²) in [5.74, 6) is -0.999. The minimum atomic E-state index is -0.927. The number of benzene rings is 1. The zero-order chi connectivity index (χ0) is 11.5. The third kappa shape index (κ3) is 2.08. The van der Waals surface area contributed by atoms with E-state index in [1.807, 2.05) is 0 Å². The lowest BCUT2D eigenvalue weighted by molar-refractivity contribution is -0.137. The van der Waals surface area contributed by atoms with E-state index in [1.54, 1.807) is 24.3 Å². The average molecular weight is 217 g/mol. The Morgan fingerprint density at radius 3 is 2.75 bits per heavy atom. The minimum Gasteiger partial charge on any atom is -0.481 e. The van der Waals surface area contributed by atoms with Crippen molar-refractivity contribution in [2.24, 2.45) is 0 Å². The lowest BCUT2D eigenvalue weighted by Gasteiger charge is -2.01. The molecule has 0 spiro atoms. The number of para-hydroxylation sites is 1. The maximum Gasteiger partial charge on any atom is 0.303 e. The van der Waals surface area contributed by atoms with Crippen molar-refractivity contribution in [1.29, 1.82) is 0 Å². The summed E-state index contributed by atoms with van der Waals surface area (Å²) < 4.78 is 0. The predicted molar refractivity (Wildman–Crippen MR) is 55.6 cm³/mol. The van der Waals surface area contributed by atoms with Crippen molar-refractivity contribution in [3.8, 4) is 5.88 Å². The van der Waals surface area contributed by atoms with Gasteiger partial charge in [-0.1, -0.05) is 12.1 Å². The van der Waals surface area contributed by atoms with Crippen molar-refractivity contribution in [2.45, 2.75) is 12.8 Å². The van der Waals surface area contributed by atoms with Gasteiger partial charge in [0.25, 0.3) is 5.88 Å². The highest BCUT2D eigenvalue weighted by Crippen LogP contribution is 2.21. The molecule has 2 rings (SSSR count). The first-order valence-corrected chi connectivity index (χ1v) is 4.81. The Hall–Kier alpha value is -2.17. The van der Waals surface area contributed by atoms with E-state index in [0.29, 0.717) is 10.9 Å². The van der Waals surface area contributed by atoms with Gasteiger partial charge in [-0.25, -0.2) is 4.98 Å². The predicted octanol–water partition coefficient (Wildman–Crippen LogP) is 1.79. The van der Waals surface area contributed by atoms with Gasteiger partial charge in [0, 0.05) is 6.42 Å². The molecule has 0 aliphatic carbocycles. The van der Waals surface area contributed by atoms with E-state index in [4.69, 9.17) is 5.11 Å². The van der Waals surface area contributed by atoms with E-state index in [0.717, 1.165) is 0 Å². The molecule has 1 aromatic heterocycles. The molecular formula is C11H9N2O3. The van der Waals surface area contributed by atoms with Gasteiger partial charge in [0.15, 0.2) is 0 Å². The van der Waals surface area contributed by atoms with E-state index >= 15 is 0 Å². The molecule has 1 aromatic carbocycles. The van der Waals surface area contributed by atoms with Crippen LogP contribution in [0, 0.1) is 0 Å². The van der Waals surface area contributed by atoms with Crippen LogP contribution in [0.15, 0.2) is 24.3 Å². The van der Waals surface area contributed by atoms with Crippen LogP contribution in [0.25, 0.3) is 10.9 Å². The molecule has 81 valence electrons. The zero-order valence-electron chi connectivity index (χ0n) is 8.38. The monoisotopic (exact) mass is 217 g/mol. The molecule has 0 amide bonds. The summed E-state index contributed by atoms with van der Waals surface area (Å²) in [4.78, 5) is 18.3. The SMILES string of the molecule is [O]c1nc(CCC(=O)O)nc2ccccc12. The van der Waals surface area contributed by atoms with Crippen molar-refractivity contribution in [2.75, 3.05) is 0 Å². The Morgan fingerprint density at radius 2 is 2.00 bits per heavy atom. The molecule has 16 heavy (non-hydrogen) atoms. The topological polar surface area (TPSA) is 83.0 Å². The molecule has 0 unspecified atom stereocenters. The number of carboxylic acids is 1. The van der Waals surface area contributed by atoms with Crippen LogP contribution in [0.1, 0.15) is 12.2 Å². The number of carboxylic acid groups (broad SMARTS) is 1. The fourth-order valence-corrected chi connectivity index (χ4v) is 1.42. The van der Waals surface area contributed by atoms with Crippen LogP contribution in [0.4, 0.5) is 0 Å². The van der Waals surface area contributed by atoms with Gasteiger partial charge in [-0.2, -0.15) is 4.98 Å². The van der Waals surface area contributed by atoms with Crippen LogP contribution in [0.5, 0.6) is 5.88 Å². The summed E-state index contributed by atoms with van der Waals surface area (Å²) in [6, 6.07) is 6.88. The van der Waals surface area contributed by atoms with Crippen LogP contribution in [-0.4, -0.2) is 21.0 Å². The third-order valence-corrected chi connectivity index (χ3v) is 2.18. The Kier molecular flexibility index (Phi) is 2.68. The minimum absolute atomic E-state index is 0.0716. The van der Waals surface area contributed by atoms with Crippen LogP contribution >= 0.6 is 0 Å². The fourth-order valence-electron chi connectivity index (χ4n) is 1.42. The van der Waals surface area contributed by atoms with Gasteiger partial charge >= 0.3 is 5.97 Å². The fraction of sp³-hybridized carbons (Fsp3) is 0.182. The van der Waals surface area contributed by atoms with E-state index in [9.17, 15) is 9.90 Å². The molecule has 0 saturated heterocycles. The molecule has 1 heterocycles. The van der Waals surface area contributed by atoms with E-state index in [2.05, 4.69) is 9.97 Å². The quantitative estimate of drug-likeness (QED) is 0.849. The lowest BCUT2D eigenvalue weighted by Crippen LogP contribution is -2.01. The van der Waals surface area contributed by atoms with Gasteiger partial charge in [0.1, 0.15) is 5.82 Å². The maximum atomic E-state index is 11.5. The molecule has 0 aliphatic rings. The van der Waals surface area contributed by atoms with Crippen LogP contribution in [-0.2, 0) is 16.3 Å². The first-order valence-electron chi connectivity index (χ1n) is 4.81. The molecule has 1 N–H and O–H groups in total. The highest BCUT2D eigenvalue weighted by molar-refractivity contribution is 5.82. The Bertz CT molecular complexity index is 540. The normalized spacial score (nSPS) is 10.5. The first-order chi connectivity index (χ1) is 7.66. The van der Waals surface area contributed by atoms with Crippen molar-refractivity contribution >= 4 is 16.9 Å². The molecule has 0 bridgehead atoms. The van der Waals surface area contributed by atoms with Gasteiger partial charge < -0.3 is 5.11 Å². The van der Waals surface area contributed by atoms with E-state index in [-0.39, 0.29) is 24.5 Å². The summed E-state index contributed by atoms with van der Waals surface area (Å²) in [5, 5.41) is 20.5. The molecule has 2 aromatic rings. The molecule has 0 saturated carbocycles. The van der Waals surface area contributed by atoms with Crippen molar-refractivity contribution in [1.82, 2.24) is 9.97 Å². The highest BCUT2D eigenvalue weighted by atomic mass is 16.4. The van der Waals surface area contributed by atoms with Crippen molar-refractivity contribution in [3.63, 3.8) is 0 Å². The second-order valence-corrected chi connectivity index (χ2v) is 3.36. The number of aryl methyl sites for hydroxylation is 1. The number of fused-ring (bicyclic) bond motifs is 1. The van der Waals surface area contributed by atoms with Crippen LogP contribution in [0.2, 0.25) is 0 Å². The van der Waals surface area contributed by atoms with Crippen molar-refractivity contribution < 1.29 is 15.0 Å². The number of nitrogens with zero attached hydrogens (tertiary/aromatic N) is 2. The largest absolute Gasteiger partial charge is 0.481 e. The second-order valence-electron chi connectivity index (χ2n) is 3.36. The molecular weight excluding hydrogens is 208 g/mol. The molecule has 5 nitrogen and oxygen atoms in total. The van der Waals surface area contributed by atoms with Gasteiger partial charge in [0.05, 0.1) is 17.3 Å². The summed E-state index contributed by atoms with van der Waals surface area (Å²) >= 11 is 0. The number of carbonyl (C=O) groups is 1. The van der Waals surface area contributed by atoms with E-state index < -0.39 is 5.97 Å². The average Bonchev–Trinajstić information content (AvgIpc) is 2.26. The number of rotatable bonds is 3. The van der Waals surface area contributed by atoms with Gasteiger partial charge in [-0.05, 0) is 12.1 Å². The van der Waals surface area contributed by atoms with Crippen LogP contribution in [0.3, 0.4) is 0 Å². The molecule has 0 atom stereocenters. The summed E-state index contributed by atoms with van der Waals surface area (Å²) in [6.45, 7) is 0. The number of hydrogen-bond acceptors (Lipinski definition) is 3. The lowest BCUT2D eigenvalue weighted by atomic mass is 10.2. The Labute approximate surface area is 91.4 Å². The summed E-state index contributed by atoms with van der Waals surface area (Å²) in [7, 11) is 0. The van der Waals surface area contributed by atoms with Gasteiger partial charge in [0.2, 0.25) is 0 Å². The number of hydrogen-bond donors (Lipinski definition) is 1. The van der Waals surface area contributed by atoms with Gasteiger partial charge in [-0.15, -0.1) is 0 Å². The van der Waals surface area contributed by atoms with E-state index in [1.165, 1.54) is 0 Å². The second kappa shape index (κ2) is 4.14.